The Bertz CT molecular complexity index is 1460. The van der Waals surface area contributed by atoms with E-state index in [1.165, 1.54) is 17.2 Å². The largest absolute Gasteiger partial charge is 0.336 e. The second kappa shape index (κ2) is 7.14. The second-order valence-electron chi connectivity index (χ2n) is 7.64. The molecular weight excluding hydrogens is 391 g/mol. The number of rotatable bonds is 3. The quantitative estimate of drug-likeness (QED) is 0.403. The van der Waals surface area contributed by atoms with Gasteiger partial charge in [0.05, 0.1) is 11.0 Å². The third-order valence-electron chi connectivity index (χ3n) is 5.75. The number of aromatic nitrogens is 5. The van der Waals surface area contributed by atoms with Gasteiger partial charge in [0.15, 0.2) is 5.82 Å². The summed E-state index contributed by atoms with van der Waals surface area (Å²) in [7, 11) is 0. The van der Waals surface area contributed by atoms with Gasteiger partial charge in [-0.15, -0.1) is 0 Å². The van der Waals surface area contributed by atoms with Crippen LogP contribution < -0.4 is 5.32 Å². The predicted molar refractivity (Wildman–Crippen MR) is 120 cm³/mol. The van der Waals surface area contributed by atoms with E-state index in [-0.39, 0.29) is 5.82 Å². The summed E-state index contributed by atoms with van der Waals surface area (Å²) < 4.78 is 14.4. The van der Waals surface area contributed by atoms with E-state index in [4.69, 9.17) is 4.98 Å². The van der Waals surface area contributed by atoms with Crippen LogP contribution in [0.15, 0.2) is 60.8 Å². The summed E-state index contributed by atoms with van der Waals surface area (Å²) in [6.07, 6.45) is 4.90. The molecule has 0 saturated carbocycles. The molecule has 0 aliphatic carbocycles. The van der Waals surface area contributed by atoms with Gasteiger partial charge >= 0.3 is 0 Å². The van der Waals surface area contributed by atoms with E-state index in [0.717, 1.165) is 41.6 Å². The molecule has 3 N–H and O–H groups in total. The smallest absolute Gasteiger partial charge is 0.159 e. The van der Waals surface area contributed by atoms with E-state index in [1.54, 1.807) is 24.4 Å². The van der Waals surface area contributed by atoms with Crippen molar-refractivity contribution in [1.82, 2.24) is 30.5 Å². The number of nitrogens with one attached hydrogen (secondary N) is 3. The van der Waals surface area contributed by atoms with Crippen LogP contribution in [0, 0.1) is 5.82 Å². The zero-order valence-electron chi connectivity index (χ0n) is 16.6. The summed E-state index contributed by atoms with van der Waals surface area (Å²) in [5, 5.41) is 12.0. The highest BCUT2D eigenvalue weighted by molar-refractivity contribution is 5.97. The fraction of sp³-hybridized carbons (Fsp3) is 0.125. The van der Waals surface area contributed by atoms with E-state index in [9.17, 15) is 4.39 Å². The molecule has 0 amide bonds. The number of hydrogen-bond acceptors (Lipinski definition) is 4. The Morgan fingerprint density at radius 1 is 0.968 bits per heavy atom. The number of nitrogens with zero attached hydrogens (tertiary/aromatic N) is 3. The van der Waals surface area contributed by atoms with Gasteiger partial charge in [0.2, 0.25) is 0 Å². The lowest BCUT2D eigenvalue weighted by Crippen LogP contribution is -2.19. The fourth-order valence-electron chi connectivity index (χ4n) is 4.18. The van der Waals surface area contributed by atoms with Gasteiger partial charge in [0.1, 0.15) is 22.7 Å². The minimum atomic E-state index is -0.322. The molecule has 0 radical (unpaired) electrons. The van der Waals surface area contributed by atoms with E-state index in [0.29, 0.717) is 22.6 Å². The highest BCUT2D eigenvalue weighted by Gasteiger charge is 2.18. The first-order chi connectivity index (χ1) is 15.3. The molecule has 0 atom stereocenters. The lowest BCUT2D eigenvalue weighted by molar-refractivity contribution is 0.631. The molecule has 1 aliphatic heterocycles. The molecular formula is C24H19FN6. The van der Waals surface area contributed by atoms with Crippen LogP contribution in [-0.4, -0.2) is 38.2 Å². The van der Waals surface area contributed by atoms with Gasteiger partial charge in [-0.2, -0.15) is 5.10 Å². The minimum Gasteiger partial charge on any atom is -0.336 e. The summed E-state index contributed by atoms with van der Waals surface area (Å²) in [5.41, 5.74) is 6.57. The monoisotopic (exact) mass is 410 g/mol. The van der Waals surface area contributed by atoms with Crippen LogP contribution in [0.1, 0.15) is 12.0 Å². The molecule has 0 spiro atoms. The summed E-state index contributed by atoms with van der Waals surface area (Å²) in [6, 6.07) is 14.8. The zero-order chi connectivity index (χ0) is 20.8. The van der Waals surface area contributed by atoms with Gasteiger partial charge in [0.25, 0.3) is 0 Å². The molecule has 6 nitrogen and oxygen atoms in total. The number of aromatic amines is 2. The third-order valence-corrected chi connectivity index (χ3v) is 5.75. The highest BCUT2D eigenvalue weighted by Crippen LogP contribution is 2.32. The van der Waals surface area contributed by atoms with Crippen LogP contribution in [0.5, 0.6) is 0 Å². The number of halogens is 1. The van der Waals surface area contributed by atoms with Crippen LogP contribution in [0.3, 0.4) is 0 Å². The average molecular weight is 410 g/mol. The number of fused-ring (bicyclic) bond motifs is 2. The highest BCUT2D eigenvalue weighted by atomic mass is 19.1. The number of hydrogen-bond donors (Lipinski definition) is 3. The van der Waals surface area contributed by atoms with Crippen molar-refractivity contribution in [3.8, 4) is 22.8 Å². The van der Waals surface area contributed by atoms with Gasteiger partial charge in [-0.3, -0.25) is 10.1 Å². The summed E-state index contributed by atoms with van der Waals surface area (Å²) in [5.74, 6) is 0.306. The fourth-order valence-corrected chi connectivity index (χ4v) is 4.18. The van der Waals surface area contributed by atoms with E-state index >= 15 is 0 Å². The normalized spacial score (nSPS) is 14.3. The first kappa shape index (κ1) is 18.0. The second-order valence-corrected chi connectivity index (χ2v) is 7.64. The lowest BCUT2D eigenvalue weighted by atomic mass is 9.98. The lowest BCUT2D eigenvalue weighted by Gasteiger charge is -2.14. The van der Waals surface area contributed by atoms with Crippen molar-refractivity contribution in [3.05, 3.63) is 72.2 Å². The molecule has 7 heteroatoms. The van der Waals surface area contributed by atoms with Crippen molar-refractivity contribution in [3.63, 3.8) is 0 Å². The van der Waals surface area contributed by atoms with Crippen molar-refractivity contribution in [1.29, 1.82) is 0 Å². The van der Waals surface area contributed by atoms with E-state index in [2.05, 4.69) is 49.8 Å². The zero-order valence-corrected chi connectivity index (χ0v) is 16.6. The van der Waals surface area contributed by atoms with Crippen molar-refractivity contribution in [2.24, 2.45) is 0 Å². The molecule has 5 aromatic rings. The number of pyridine rings is 1. The van der Waals surface area contributed by atoms with Crippen LogP contribution >= 0.6 is 0 Å². The first-order valence-electron chi connectivity index (χ1n) is 10.3. The molecule has 3 aromatic heterocycles. The topological polar surface area (TPSA) is 82.3 Å². The van der Waals surface area contributed by atoms with Crippen LogP contribution in [0.2, 0.25) is 0 Å². The third kappa shape index (κ3) is 3.02. The van der Waals surface area contributed by atoms with Gasteiger partial charge in [-0.1, -0.05) is 24.3 Å². The van der Waals surface area contributed by atoms with Crippen molar-refractivity contribution in [2.45, 2.75) is 6.42 Å². The van der Waals surface area contributed by atoms with Crippen molar-refractivity contribution in [2.75, 3.05) is 13.1 Å². The van der Waals surface area contributed by atoms with Crippen molar-refractivity contribution >= 4 is 27.5 Å². The van der Waals surface area contributed by atoms with Gasteiger partial charge in [-0.05, 0) is 54.4 Å². The van der Waals surface area contributed by atoms with Crippen molar-refractivity contribution < 1.29 is 4.39 Å². The summed E-state index contributed by atoms with van der Waals surface area (Å²) >= 11 is 0. The van der Waals surface area contributed by atoms with Gasteiger partial charge < -0.3 is 10.3 Å². The molecule has 31 heavy (non-hydrogen) atoms. The SMILES string of the molecule is Fc1ccccc1-c1nccc2[nH]c(-c3n[nH]c4ccc(C5=CCNCC5)cc34)nc12. The van der Waals surface area contributed by atoms with E-state index < -0.39 is 0 Å². The summed E-state index contributed by atoms with van der Waals surface area (Å²) in [6.45, 7) is 1.87. The molecule has 4 heterocycles. The van der Waals surface area contributed by atoms with Gasteiger partial charge in [0, 0.05) is 23.7 Å². The summed E-state index contributed by atoms with van der Waals surface area (Å²) in [4.78, 5) is 12.5. The molecule has 0 bridgehead atoms. The molecule has 0 unspecified atom stereocenters. The standard InChI is InChI=1S/C24H19FN6/c25-18-4-2-1-3-16(18)21-23-20(9-12-27-21)28-24(29-23)22-17-13-15(5-6-19(17)30-31-22)14-7-10-26-11-8-14/h1-7,9,12-13,26H,8,10-11H2,(H,28,29)(H,30,31). The first-order valence-corrected chi connectivity index (χ1v) is 10.3. The maximum absolute atomic E-state index is 14.4. The Kier molecular flexibility index (Phi) is 4.14. The van der Waals surface area contributed by atoms with E-state index in [1.807, 2.05) is 6.07 Å². The number of benzene rings is 2. The maximum Gasteiger partial charge on any atom is 0.159 e. The molecule has 1 aliphatic rings. The van der Waals surface area contributed by atoms with Crippen LogP contribution in [0.25, 0.3) is 50.3 Å². The Morgan fingerprint density at radius 3 is 2.77 bits per heavy atom. The molecule has 152 valence electrons. The average Bonchev–Trinajstić information content (AvgIpc) is 3.43. The van der Waals surface area contributed by atoms with Gasteiger partial charge in [-0.25, -0.2) is 9.37 Å². The Balaban J connectivity index is 1.50. The van der Waals surface area contributed by atoms with Crippen LogP contribution in [0.4, 0.5) is 4.39 Å². The predicted octanol–water partition coefficient (Wildman–Crippen LogP) is 4.68. The minimum absolute atomic E-state index is 0.322. The Morgan fingerprint density at radius 2 is 1.90 bits per heavy atom. The Labute approximate surface area is 177 Å². The number of H-pyrrole nitrogens is 2. The maximum atomic E-state index is 14.4. The van der Waals surface area contributed by atoms with Crippen LogP contribution in [-0.2, 0) is 0 Å². The molecule has 2 aromatic carbocycles. The molecule has 6 rings (SSSR count). The molecule has 0 fully saturated rings. The Hall–Kier alpha value is -3.84. The molecule has 0 saturated heterocycles. The number of imidazole rings is 1.